The van der Waals surface area contributed by atoms with Crippen LogP contribution in [-0.2, 0) is 11.3 Å². The van der Waals surface area contributed by atoms with Gasteiger partial charge >= 0.3 is 5.76 Å². The number of para-hydroxylation sites is 2. The molecule has 0 aliphatic carbocycles. The molecule has 0 radical (unpaired) electrons. The average molecular weight is 396 g/mol. The Bertz CT molecular complexity index is 1080. The van der Waals surface area contributed by atoms with E-state index in [4.69, 9.17) is 13.9 Å². The molecular weight excluding hydrogens is 372 g/mol. The minimum atomic E-state index is -0.436. The summed E-state index contributed by atoms with van der Waals surface area (Å²) in [5.41, 5.74) is 2.22. The number of hydrogen-bond acceptors (Lipinski definition) is 5. The number of hydrogen-bond donors (Lipinski definition) is 0. The molecule has 152 valence electrons. The van der Waals surface area contributed by atoms with Crippen LogP contribution in [-0.4, -0.2) is 36.1 Å². The summed E-state index contributed by atoms with van der Waals surface area (Å²) in [6, 6.07) is 12.9. The number of methoxy groups -OCH3 is 2. The van der Waals surface area contributed by atoms with Crippen molar-refractivity contribution >= 4 is 17.0 Å². The predicted octanol–water partition coefficient (Wildman–Crippen LogP) is 3.37. The van der Waals surface area contributed by atoms with Crippen LogP contribution in [0.1, 0.15) is 30.9 Å². The predicted molar refractivity (Wildman–Crippen MR) is 108 cm³/mol. The molecule has 7 nitrogen and oxygen atoms in total. The molecular formula is C22H24N2O5. The summed E-state index contributed by atoms with van der Waals surface area (Å²) in [6.07, 6.45) is 2.04. The van der Waals surface area contributed by atoms with Crippen molar-refractivity contribution in [2.24, 2.45) is 0 Å². The van der Waals surface area contributed by atoms with Gasteiger partial charge in [-0.1, -0.05) is 12.1 Å². The van der Waals surface area contributed by atoms with Gasteiger partial charge in [0, 0.05) is 31.1 Å². The molecule has 1 aliphatic rings. The van der Waals surface area contributed by atoms with E-state index in [0.29, 0.717) is 29.1 Å². The number of aryl methyl sites for hydroxylation is 1. The standard InChI is InChI=1S/C22H24N2O5/c1-27-15-9-10-16(20(14-15)28-2)17-7-5-12-23(17)21(25)11-13-24-18-6-3-4-8-19(18)29-22(24)26/h3-4,6,8-10,14,17H,5,7,11-13H2,1-2H3/t17-/m1/s1. The van der Waals surface area contributed by atoms with E-state index in [-0.39, 0.29) is 24.9 Å². The lowest BCUT2D eigenvalue weighted by atomic mass is 10.0. The van der Waals surface area contributed by atoms with Gasteiger partial charge in [-0.15, -0.1) is 0 Å². The van der Waals surface area contributed by atoms with Gasteiger partial charge in [-0.2, -0.15) is 0 Å². The number of fused-ring (bicyclic) bond motifs is 1. The van der Waals surface area contributed by atoms with Crippen molar-refractivity contribution in [3.05, 3.63) is 58.6 Å². The van der Waals surface area contributed by atoms with Crippen molar-refractivity contribution in [2.45, 2.75) is 31.8 Å². The molecule has 2 heterocycles. The molecule has 0 N–H and O–H groups in total. The number of benzene rings is 2. The lowest BCUT2D eigenvalue weighted by Crippen LogP contribution is -2.32. The van der Waals surface area contributed by atoms with Crippen molar-refractivity contribution in [1.82, 2.24) is 9.47 Å². The zero-order chi connectivity index (χ0) is 20.4. The summed E-state index contributed by atoms with van der Waals surface area (Å²) in [5, 5.41) is 0. The second-order valence-electron chi connectivity index (χ2n) is 7.09. The number of carbonyl (C=O) groups is 1. The van der Waals surface area contributed by atoms with Crippen LogP contribution in [0, 0.1) is 0 Å². The average Bonchev–Trinajstić information content (AvgIpc) is 3.35. The number of carbonyl (C=O) groups excluding carboxylic acids is 1. The Morgan fingerprint density at radius 2 is 2.00 bits per heavy atom. The highest BCUT2D eigenvalue weighted by Gasteiger charge is 2.31. The van der Waals surface area contributed by atoms with Crippen molar-refractivity contribution in [1.29, 1.82) is 0 Å². The molecule has 7 heteroatoms. The van der Waals surface area contributed by atoms with Gasteiger partial charge in [-0.05, 0) is 37.1 Å². The van der Waals surface area contributed by atoms with Crippen LogP contribution in [0.25, 0.3) is 11.1 Å². The summed E-state index contributed by atoms with van der Waals surface area (Å²) < 4.78 is 17.6. The Hall–Kier alpha value is -3.22. The first kappa shape index (κ1) is 19.1. The fourth-order valence-electron chi connectivity index (χ4n) is 4.06. The number of ether oxygens (including phenoxy) is 2. The zero-order valence-electron chi connectivity index (χ0n) is 16.6. The Morgan fingerprint density at radius 1 is 1.17 bits per heavy atom. The quantitative estimate of drug-likeness (QED) is 0.639. The topological polar surface area (TPSA) is 73.9 Å². The fourth-order valence-corrected chi connectivity index (χ4v) is 4.06. The maximum atomic E-state index is 13.0. The Labute approximate surface area is 168 Å². The molecule has 1 aromatic heterocycles. The first-order valence-electron chi connectivity index (χ1n) is 9.72. The van der Waals surface area contributed by atoms with E-state index in [1.165, 1.54) is 4.57 Å². The number of aromatic nitrogens is 1. The van der Waals surface area contributed by atoms with E-state index in [0.717, 1.165) is 18.4 Å². The Balaban J connectivity index is 1.52. The second kappa shape index (κ2) is 8.03. The Morgan fingerprint density at radius 3 is 2.79 bits per heavy atom. The second-order valence-corrected chi connectivity index (χ2v) is 7.09. The lowest BCUT2D eigenvalue weighted by molar-refractivity contribution is -0.132. The summed E-state index contributed by atoms with van der Waals surface area (Å²) in [5.74, 6) is 1.01. The third kappa shape index (κ3) is 3.60. The maximum absolute atomic E-state index is 13.0. The third-order valence-electron chi connectivity index (χ3n) is 5.50. The minimum Gasteiger partial charge on any atom is -0.497 e. The summed E-state index contributed by atoms with van der Waals surface area (Å²) in [4.78, 5) is 27.0. The third-order valence-corrected chi connectivity index (χ3v) is 5.50. The SMILES string of the molecule is COc1ccc([C@H]2CCCN2C(=O)CCn2c(=O)oc3ccccc32)c(OC)c1. The highest BCUT2D eigenvalue weighted by Crippen LogP contribution is 2.39. The van der Waals surface area contributed by atoms with Gasteiger partial charge in [-0.3, -0.25) is 9.36 Å². The van der Waals surface area contributed by atoms with Crippen LogP contribution in [0.2, 0.25) is 0 Å². The highest BCUT2D eigenvalue weighted by atomic mass is 16.5. The van der Waals surface area contributed by atoms with Gasteiger partial charge in [0.15, 0.2) is 5.58 Å². The largest absolute Gasteiger partial charge is 0.497 e. The van der Waals surface area contributed by atoms with Crippen molar-refractivity contribution in [2.75, 3.05) is 20.8 Å². The number of rotatable bonds is 6. The number of likely N-dealkylation sites (tertiary alicyclic amines) is 1. The van der Waals surface area contributed by atoms with Crippen LogP contribution in [0.15, 0.2) is 51.7 Å². The van der Waals surface area contributed by atoms with Gasteiger partial charge in [0.1, 0.15) is 11.5 Å². The molecule has 0 bridgehead atoms. The van der Waals surface area contributed by atoms with Gasteiger partial charge in [-0.25, -0.2) is 4.79 Å². The van der Waals surface area contributed by atoms with Crippen molar-refractivity contribution in [3.63, 3.8) is 0 Å². The first-order valence-corrected chi connectivity index (χ1v) is 9.72. The molecule has 1 saturated heterocycles. The van der Waals surface area contributed by atoms with Crippen LogP contribution >= 0.6 is 0 Å². The van der Waals surface area contributed by atoms with Crippen molar-refractivity contribution < 1.29 is 18.7 Å². The zero-order valence-corrected chi connectivity index (χ0v) is 16.6. The molecule has 1 atom stereocenters. The summed E-state index contributed by atoms with van der Waals surface area (Å²) in [6.45, 7) is 0.983. The number of oxazole rings is 1. The Kier molecular flexibility index (Phi) is 5.29. The van der Waals surface area contributed by atoms with E-state index in [1.807, 2.05) is 41.3 Å². The summed E-state index contributed by atoms with van der Waals surface area (Å²) >= 11 is 0. The molecule has 1 amide bonds. The molecule has 2 aromatic carbocycles. The molecule has 4 rings (SSSR count). The van der Waals surface area contributed by atoms with Crippen LogP contribution in [0.4, 0.5) is 0 Å². The molecule has 0 saturated carbocycles. The monoisotopic (exact) mass is 396 g/mol. The normalized spacial score (nSPS) is 16.3. The first-order chi connectivity index (χ1) is 14.1. The molecule has 0 unspecified atom stereocenters. The van der Waals surface area contributed by atoms with E-state index in [9.17, 15) is 9.59 Å². The van der Waals surface area contributed by atoms with Crippen LogP contribution in [0.5, 0.6) is 11.5 Å². The van der Waals surface area contributed by atoms with E-state index in [2.05, 4.69) is 0 Å². The van der Waals surface area contributed by atoms with Gasteiger partial charge in [0.25, 0.3) is 0 Å². The highest BCUT2D eigenvalue weighted by molar-refractivity contribution is 5.78. The molecule has 1 aliphatic heterocycles. The van der Waals surface area contributed by atoms with Gasteiger partial charge < -0.3 is 18.8 Å². The fraction of sp³-hybridized carbons (Fsp3) is 0.364. The van der Waals surface area contributed by atoms with Gasteiger partial charge in [0.2, 0.25) is 5.91 Å². The van der Waals surface area contributed by atoms with Crippen LogP contribution < -0.4 is 15.2 Å². The van der Waals surface area contributed by atoms with Crippen LogP contribution in [0.3, 0.4) is 0 Å². The minimum absolute atomic E-state index is 0.0163. The van der Waals surface area contributed by atoms with Crippen molar-refractivity contribution in [3.8, 4) is 11.5 Å². The number of amides is 1. The molecule has 29 heavy (non-hydrogen) atoms. The van der Waals surface area contributed by atoms with E-state index >= 15 is 0 Å². The number of nitrogens with zero attached hydrogens (tertiary/aromatic N) is 2. The van der Waals surface area contributed by atoms with E-state index < -0.39 is 5.76 Å². The molecule has 0 spiro atoms. The lowest BCUT2D eigenvalue weighted by Gasteiger charge is -2.26. The smallest absolute Gasteiger partial charge is 0.419 e. The maximum Gasteiger partial charge on any atom is 0.419 e. The van der Waals surface area contributed by atoms with Gasteiger partial charge in [0.05, 0.1) is 25.8 Å². The molecule has 3 aromatic rings. The molecule has 1 fully saturated rings. The van der Waals surface area contributed by atoms with E-state index in [1.54, 1.807) is 20.3 Å². The summed E-state index contributed by atoms with van der Waals surface area (Å²) in [7, 11) is 3.23.